The summed E-state index contributed by atoms with van der Waals surface area (Å²) in [7, 11) is -5.64. The summed E-state index contributed by atoms with van der Waals surface area (Å²) in [6.07, 6.45) is -22.9. The first-order chi connectivity index (χ1) is 33.8. The number of amides is 2. The summed E-state index contributed by atoms with van der Waals surface area (Å²) in [5.74, 6) is -16.1. The number of methoxy groups -OCH3 is 1. The van der Waals surface area contributed by atoms with Crippen molar-refractivity contribution in [1.82, 2.24) is 14.9 Å². The van der Waals surface area contributed by atoms with Gasteiger partial charge in [-0.25, -0.2) is 9.59 Å². The summed E-state index contributed by atoms with van der Waals surface area (Å²) >= 11 is 0. The zero-order valence-electron chi connectivity index (χ0n) is 41.5. The number of carbonyl (C=O) groups excluding carboxylic acids is 9. The highest BCUT2D eigenvalue weighted by Crippen LogP contribution is 2.50. The lowest BCUT2D eigenvalue weighted by Crippen LogP contribution is -3.11. The molecular weight excluding hydrogens is 1020 g/mol. The Hall–Kier alpha value is -6.11. The van der Waals surface area contributed by atoms with Gasteiger partial charge in [-0.1, -0.05) is 0 Å². The third kappa shape index (κ3) is 19.4. The number of hydrogen-bond acceptors (Lipinski definition) is 24. The van der Waals surface area contributed by atoms with Crippen LogP contribution in [0.2, 0.25) is 0 Å². The number of phosphoric ester groups is 1. The van der Waals surface area contributed by atoms with Crippen LogP contribution >= 0.6 is 7.82 Å². The van der Waals surface area contributed by atoms with E-state index in [-0.39, 0.29) is 5.82 Å². The summed E-state index contributed by atoms with van der Waals surface area (Å²) in [4.78, 5) is 143. The number of phosphoric acid groups is 1. The molecule has 2 aliphatic rings. The number of quaternary nitrogens is 1. The quantitative estimate of drug-likeness (QED) is 0.0713. The topological polar surface area (TPSA) is 359 Å². The molecule has 2 saturated heterocycles. The number of rotatable bonds is 21. The van der Waals surface area contributed by atoms with Crippen molar-refractivity contribution < 1.29 is 122 Å². The molecule has 1 aromatic heterocycles. The van der Waals surface area contributed by atoms with Gasteiger partial charge in [0.2, 0.25) is 5.91 Å². The molecule has 1 unspecified atom stereocenters. The van der Waals surface area contributed by atoms with Crippen LogP contribution in [0.5, 0.6) is 0 Å². The lowest BCUT2D eigenvalue weighted by Gasteiger charge is -2.49. The van der Waals surface area contributed by atoms with Crippen LogP contribution < -0.4 is 26.1 Å². The van der Waals surface area contributed by atoms with E-state index in [1.54, 1.807) is 4.90 Å². The summed E-state index contributed by atoms with van der Waals surface area (Å²) in [5.41, 5.74) is -1.14. The molecule has 0 saturated carbocycles. The molecule has 2 amide bonds. The summed E-state index contributed by atoms with van der Waals surface area (Å²) < 4.78 is 113. The Bertz CT molecular complexity index is 2260. The van der Waals surface area contributed by atoms with Crippen molar-refractivity contribution in [1.29, 1.82) is 0 Å². The van der Waals surface area contributed by atoms with Crippen molar-refractivity contribution in [2.75, 3.05) is 45.3 Å². The van der Waals surface area contributed by atoms with Gasteiger partial charge in [0.05, 0.1) is 45.8 Å². The Kier molecular flexibility index (Phi) is 24.0. The van der Waals surface area contributed by atoms with Crippen molar-refractivity contribution in [2.45, 2.75) is 143 Å². The molecule has 0 bridgehead atoms. The highest BCUT2D eigenvalue weighted by Gasteiger charge is 2.62. The molecule has 412 valence electrons. The SMILES string of the molecule is CC[NH+](CC)CC.COC(=O)[C@]1(OP(=O)([O-])OC[C@H]2O[C@@H](n3ccc(NC(C)=O)nc3=O)[C@H](OC(C)=O)[C@@H]2OC(C)=O)C[C@H](OC(C)=O)[C@@H](NC(=O)C(F)(F)F)[C@H]([C@H](OC(C)=O)[C@@H](COC(C)=O)OC(C)=O)O1. The average molecular weight is 1080 g/mol. The molecule has 2 aliphatic heterocycles. The molecule has 0 aromatic carbocycles. The number of hydrogen-bond donors (Lipinski definition) is 3. The number of nitrogens with zero attached hydrogens (tertiary/aromatic N) is 2. The van der Waals surface area contributed by atoms with Crippen LogP contribution in [0.3, 0.4) is 0 Å². The van der Waals surface area contributed by atoms with E-state index in [9.17, 15) is 70.6 Å². The van der Waals surface area contributed by atoms with E-state index in [2.05, 4.69) is 31.1 Å². The van der Waals surface area contributed by atoms with Gasteiger partial charge in [-0.2, -0.15) is 18.2 Å². The summed E-state index contributed by atoms with van der Waals surface area (Å²) in [6.45, 7) is 14.0. The van der Waals surface area contributed by atoms with Gasteiger partial charge in [-0.15, -0.1) is 0 Å². The molecule has 0 spiro atoms. The molecule has 0 radical (unpaired) electrons. The number of alkyl halides is 3. The first kappa shape index (κ1) is 63.0. The van der Waals surface area contributed by atoms with Crippen LogP contribution in [0.1, 0.15) is 81.9 Å². The maximum atomic E-state index is 13.8. The summed E-state index contributed by atoms with van der Waals surface area (Å²) in [5, 5.41) is 3.70. The summed E-state index contributed by atoms with van der Waals surface area (Å²) in [6, 6.07) is -1.32. The highest BCUT2D eigenvalue weighted by molar-refractivity contribution is 7.46. The van der Waals surface area contributed by atoms with Crippen molar-refractivity contribution in [2.24, 2.45) is 0 Å². The van der Waals surface area contributed by atoms with E-state index < -0.39 is 154 Å². The average Bonchev–Trinajstić information content (AvgIpc) is 3.58. The van der Waals surface area contributed by atoms with Gasteiger partial charge in [-0.3, -0.25) is 52.0 Å². The van der Waals surface area contributed by atoms with Crippen LogP contribution in [0.25, 0.3) is 0 Å². The van der Waals surface area contributed by atoms with E-state index in [1.807, 2.05) is 0 Å². The molecule has 3 heterocycles. The number of carbonyl (C=O) groups is 9. The molecule has 3 N–H and O–H groups in total. The Balaban J connectivity index is 0.00000242. The van der Waals surface area contributed by atoms with Crippen LogP contribution in [-0.4, -0.2) is 164 Å². The second-order valence-corrected chi connectivity index (χ2v) is 17.1. The van der Waals surface area contributed by atoms with Gasteiger partial charge < -0.3 is 67.6 Å². The molecule has 0 aliphatic carbocycles. The van der Waals surface area contributed by atoms with E-state index >= 15 is 0 Å². The molecule has 2 fully saturated rings. The molecule has 28 nitrogen and oxygen atoms in total. The lowest BCUT2D eigenvalue weighted by atomic mass is 9.88. The third-order valence-electron chi connectivity index (χ3n) is 10.1. The number of ether oxygens (including phenoxy) is 9. The Labute approximate surface area is 414 Å². The molecule has 32 heteroatoms. The van der Waals surface area contributed by atoms with E-state index in [0.717, 1.165) is 46.9 Å². The van der Waals surface area contributed by atoms with Gasteiger partial charge in [-0.05, 0) is 26.8 Å². The number of aromatic nitrogens is 2. The van der Waals surface area contributed by atoms with Crippen LogP contribution in [0.4, 0.5) is 19.0 Å². The molecule has 73 heavy (non-hydrogen) atoms. The standard InChI is InChI=1S/C35H44F3N4O23P.C6H15N/c1-14(43)39-24-9-10-42(33(52)40-24)30-29(62-20(7)49)27(61-19(6)48)23(63-30)13-57-66(53,54)65-34(32(51)55-8)11-21(58-16(3)45)25(41-31(50)35(36,37)38)28(64-34)26(60-18(5)47)22(59-17(4)46)12-56-15(2)44;1-4-7(5-2)6-3/h9-10,21-23,25-30H,11-13H2,1-8H3,(H,41,50)(H,53,54)(H,39,40,43,52);4-6H2,1-3H3/t21-,22+,23+,25+,26+,27+,28+,29+,30+,34+;/m0./s1. The van der Waals surface area contributed by atoms with E-state index in [4.69, 9.17) is 51.7 Å². The Morgan fingerprint density at radius 3 is 1.89 bits per heavy atom. The minimum Gasteiger partial charge on any atom is -0.756 e. The fourth-order valence-electron chi connectivity index (χ4n) is 7.19. The number of esters is 7. The number of nitrogens with one attached hydrogen (secondary N) is 3. The lowest BCUT2D eigenvalue weighted by molar-refractivity contribution is -0.894. The molecule has 11 atom stereocenters. The molecule has 1 aromatic rings. The maximum Gasteiger partial charge on any atom is 0.471 e. The fourth-order valence-corrected chi connectivity index (χ4v) is 8.12. The number of halogens is 3. The molecular formula is C41H59F3N5O23P. The minimum absolute atomic E-state index is 0.228. The third-order valence-corrected chi connectivity index (χ3v) is 11.1. The van der Waals surface area contributed by atoms with E-state index in [0.29, 0.717) is 25.5 Å². The van der Waals surface area contributed by atoms with Crippen LogP contribution in [0.15, 0.2) is 17.1 Å². The van der Waals surface area contributed by atoms with Crippen LogP contribution in [-0.2, 0) is 99.4 Å². The second kappa shape index (κ2) is 27.8. The first-order valence-corrected chi connectivity index (χ1v) is 23.4. The first-order valence-electron chi connectivity index (χ1n) is 22.0. The number of anilines is 1. The smallest absolute Gasteiger partial charge is 0.471 e. The molecule has 3 rings (SSSR count). The van der Waals surface area contributed by atoms with Gasteiger partial charge in [0.1, 0.15) is 30.7 Å². The van der Waals surface area contributed by atoms with Crippen molar-refractivity contribution in [3.63, 3.8) is 0 Å². The maximum absolute atomic E-state index is 13.8. The fraction of sp³-hybridized carbons (Fsp3) is 0.683. The van der Waals surface area contributed by atoms with Crippen molar-refractivity contribution in [3.05, 3.63) is 22.7 Å². The monoisotopic (exact) mass is 1080 g/mol. The Morgan fingerprint density at radius 2 is 1.44 bits per heavy atom. The normalized spacial score (nSPS) is 24.1. The van der Waals surface area contributed by atoms with Gasteiger partial charge in [0.15, 0.2) is 30.6 Å². The van der Waals surface area contributed by atoms with E-state index in [1.165, 1.54) is 25.0 Å². The van der Waals surface area contributed by atoms with Crippen molar-refractivity contribution in [3.8, 4) is 0 Å². The minimum atomic E-state index is -6.26. The van der Waals surface area contributed by atoms with Gasteiger partial charge in [0, 0.05) is 54.7 Å². The van der Waals surface area contributed by atoms with Crippen molar-refractivity contribution >= 4 is 67.2 Å². The highest BCUT2D eigenvalue weighted by atomic mass is 31.2. The predicted molar refractivity (Wildman–Crippen MR) is 231 cm³/mol. The largest absolute Gasteiger partial charge is 0.756 e. The predicted octanol–water partition coefficient (Wildman–Crippen LogP) is -1.54. The Morgan fingerprint density at radius 1 is 0.877 bits per heavy atom. The van der Waals surface area contributed by atoms with Crippen LogP contribution in [0, 0.1) is 0 Å². The zero-order valence-corrected chi connectivity index (χ0v) is 42.4. The zero-order chi connectivity index (χ0) is 55.8. The van der Waals surface area contributed by atoms with Gasteiger partial charge >= 0.3 is 59.6 Å². The second-order valence-electron chi connectivity index (χ2n) is 15.7. The van der Waals surface area contributed by atoms with Gasteiger partial charge in [0.25, 0.3) is 13.6 Å².